The molecule has 0 spiro atoms. The van der Waals surface area contributed by atoms with Crippen LogP contribution in [0.3, 0.4) is 0 Å². The highest BCUT2D eigenvalue weighted by Crippen LogP contribution is 2.08. The van der Waals surface area contributed by atoms with Crippen LogP contribution >= 0.6 is 0 Å². The Kier molecular flexibility index (Phi) is 14.9. The maximum absolute atomic E-state index is 13.0. The van der Waals surface area contributed by atoms with Gasteiger partial charge in [0, 0.05) is 13.0 Å². The minimum absolute atomic E-state index is 0.0404. The number of nitrogens with zero attached hydrogens (tertiary/aromatic N) is 1. The minimum atomic E-state index is -1.42. The summed E-state index contributed by atoms with van der Waals surface area (Å²) < 4.78 is 0. The topological polar surface area (TPSA) is 295 Å². The fraction of sp³-hybridized carbons (Fsp3) is 0.667. The van der Waals surface area contributed by atoms with Gasteiger partial charge in [0.2, 0.25) is 23.6 Å². The average Bonchev–Trinajstić information content (AvgIpc) is 2.76. The number of hydrogen-bond donors (Lipinski definition) is 9. The van der Waals surface area contributed by atoms with Crippen molar-refractivity contribution in [2.45, 2.75) is 76.5 Å². The maximum atomic E-state index is 13.0. The van der Waals surface area contributed by atoms with Gasteiger partial charge in [0.15, 0.2) is 5.96 Å². The molecule has 0 aromatic rings. The summed E-state index contributed by atoms with van der Waals surface area (Å²) in [6.45, 7) is 3.66. The second-order valence-corrected chi connectivity index (χ2v) is 8.81. The number of hydrogen-bond acceptors (Lipinski definition) is 8. The van der Waals surface area contributed by atoms with Crippen LogP contribution in [-0.4, -0.2) is 82.5 Å². The molecule has 0 saturated heterocycles. The number of carboxylic acid groups (broad SMARTS) is 2. The third-order valence-corrected chi connectivity index (χ3v) is 4.94. The number of amides is 4. The van der Waals surface area contributed by atoms with E-state index in [0.29, 0.717) is 0 Å². The highest BCUT2D eigenvalue weighted by atomic mass is 16.4. The number of rotatable bonds is 18. The Labute approximate surface area is 214 Å². The van der Waals surface area contributed by atoms with Gasteiger partial charge in [-0.15, -0.1) is 0 Å². The Morgan fingerprint density at radius 2 is 1.35 bits per heavy atom. The van der Waals surface area contributed by atoms with Crippen molar-refractivity contribution in [2.24, 2.45) is 33.8 Å². The molecule has 210 valence electrons. The number of nitrogens with one attached hydrogen (secondary N) is 3. The molecule has 16 nitrogen and oxygen atoms in total. The SMILES string of the molecule is CC(C)CC(NC(=O)C(N)CC(N)=O)C(=O)NC(CCC(=O)O)C(=O)NC(CCCN=C(N)N)C(=O)O. The van der Waals surface area contributed by atoms with Crippen LogP contribution in [-0.2, 0) is 28.8 Å². The monoisotopic (exact) mass is 530 g/mol. The zero-order chi connectivity index (χ0) is 28.7. The van der Waals surface area contributed by atoms with Gasteiger partial charge in [0.05, 0.1) is 12.5 Å². The summed E-state index contributed by atoms with van der Waals surface area (Å²) in [5.74, 6) is -6.26. The molecular formula is C21H38N8O8. The number of aliphatic carboxylic acids is 2. The molecule has 0 aliphatic rings. The second kappa shape index (κ2) is 16.7. The minimum Gasteiger partial charge on any atom is -0.481 e. The molecule has 0 rings (SSSR count). The Morgan fingerprint density at radius 3 is 1.84 bits per heavy atom. The normalized spacial score (nSPS) is 13.9. The van der Waals surface area contributed by atoms with Gasteiger partial charge in [-0.1, -0.05) is 13.8 Å². The summed E-state index contributed by atoms with van der Waals surface area (Å²) in [5.41, 5.74) is 21.1. The third-order valence-electron chi connectivity index (χ3n) is 4.94. The molecule has 0 bridgehead atoms. The molecule has 0 aliphatic carbocycles. The molecule has 0 fully saturated rings. The fourth-order valence-corrected chi connectivity index (χ4v) is 3.13. The van der Waals surface area contributed by atoms with Gasteiger partial charge in [-0.3, -0.25) is 29.0 Å². The van der Waals surface area contributed by atoms with E-state index in [1.165, 1.54) is 0 Å². The lowest BCUT2D eigenvalue weighted by Gasteiger charge is -2.25. The molecule has 0 saturated carbocycles. The third kappa shape index (κ3) is 14.9. The van der Waals surface area contributed by atoms with Gasteiger partial charge >= 0.3 is 11.9 Å². The average molecular weight is 531 g/mol. The zero-order valence-electron chi connectivity index (χ0n) is 20.9. The molecule has 0 aliphatic heterocycles. The number of aliphatic imine (C=N–C) groups is 1. The van der Waals surface area contributed by atoms with Crippen molar-refractivity contribution in [1.29, 1.82) is 0 Å². The molecule has 0 heterocycles. The molecule has 4 unspecified atom stereocenters. The van der Waals surface area contributed by atoms with E-state index >= 15 is 0 Å². The summed E-state index contributed by atoms with van der Waals surface area (Å²) >= 11 is 0. The zero-order valence-corrected chi connectivity index (χ0v) is 20.9. The number of guanidine groups is 1. The molecule has 0 aromatic carbocycles. The van der Waals surface area contributed by atoms with Crippen molar-refractivity contribution >= 4 is 41.5 Å². The second-order valence-electron chi connectivity index (χ2n) is 8.81. The molecule has 16 heteroatoms. The smallest absolute Gasteiger partial charge is 0.326 e. The van der Waals surface area contributed by atoms with Crippen LogP contribution in [0.5, 0.6) is 0 Å². The first-order valence-electron chi connectivity index (χ1n) is 11.6. The van der Waals surface area contributed by atoms with Gasteiger partial charge in [-0.2, -0.15) is 0 Å². The molecule has 4 amide bonds. The quantitative estimate of drug-likeness (QED) is 0.0480. The van der Waals surface area contributed by atoms with Crippen molar-refractivity contribution < 1.29 is 39.0 Å². The van der Waals surface area contributed by atoms with Crippen LogP contribution in [0, 0.1) is 5.92 Å². The lowest BCUT2D eigenvalue weighted by Crippen LogP contribution is -2.57. The predicted molar refractivity (Wildman–Crippen MR) is 131 cm³/mol. The summed E-state index contributed by atoms with van der Waals surface area (Å²) in [5, 5.41) is 25.5. The van der Waals surface area contributed by atoms with Crippen LogP contribution in [0.2, 0.25) is 0 Å². The lowest BCUT2D eigenvalue weighted by atomic mass is 10.0. The van der Waals surface area contributed by atoms with Crippen LogP contribution in [0.25, 0.3) is 0 Å². The molecule has 4 atom stereocenters. The summed E-state index contributed by atoms with van der Waals surface area (Å²) in [7, 11) is 0. The summed E-state index contributed by atoms with van der Waals surface area (Å²) in [6.07, 6.45) is -1.01. The van der Waals surface area contributed by atoms with Crippen molar-refractivity contribution in [2.75, 3.05) is 6.54 Å². The van der Waals surface area contributed by atoms with Crippen molar-refractivity contribution in [3.8, 4) is 0 Å². The standard InChI is InChI=1S/C21H38N8O8/c1-10(2)8-14(29-17(33)11(22)9-15(23)30)19(35)27-12(5-6-16(31)32)18(34)28-13(20(36)37)4-3-7-26-21(24)25/h10-14H,3-9,22H2,1-2H3,(H2,23,30)(H,27,35)(H,28,34)(H,29,33)(H,31,32)(H,36,37)(H4,24,25,26). The van der Waals surface area contributed by atoms with Gasteiger partial charge in [0.1, 0.15) is 18.1 Å². The first-order valence-corrected chi connectivity index (χ1v) is 11.6. The van der Waals surface area contributed by atoms with Crippen molar-refractivity contribution in [3.63, 3.8) is 0 Å². The van der Waals surface area contributed by atoms with Crippen LogP contribution in [0.4, 0.5) is 0 Å². The highest BCUT2D eigenvalue weighted by Gasteiger charge is 2.31. The van der Waals surface area contributed by atoms with Gasteiger partial charge in [0.25, 0.3) is 0 Å². The predicted octanol–water partition coefficient (Wildman–Crippen LogP) is -3.31. The molecule has 0 radical (unpaired) electrons. The van der Waals surface area contributed by atoms with E-state index in [-0.39, 0.29) is 44.1 Å². The first kappa shape index (κ1) is 33.0. The van der Waals surface area contributed by atoms with Crippen LogP contribution < -0.4 is 38.9 Å². The van der Waals surface area contributed by atoms with E-state index in [1.807, 2.05) is 0 Å². The van der Waals surface area contributed by atoms with Crippen LogP contribution in [0.1, 0.15) is 52.4 Å². The number of primary amides is 1. The fourth-order valence-electron chi connectivity index (χ4n) is 3.13. The molecular weight excluding hydrogens is 492 g/mol. The van der Waals surface area contributed by atoms with E-state index < -0.39 is 72.6 Å². The summed E-state index contributed by atoms with van der Waals surface area (Å²) in [4.78, 5) is 75.6. The summed E-state index contributed by atoms with van der Waals surface area (Å²) in [6, 6.07) is -5.26. The molecule has 0 aromatic heterocycles. The van der Waals surface area contributed by atoms with Crippen LogP contribution in [0.15, 0.2) is 4.99 Å². The van der Waals surface area contributed by atoms with E-state index in [1.54, 1.807) is 13.8 Å². The Bertz CT molecular complexity index is 859. The van der Waals surface area contributed by atoms with Crippen molar-refractivity contribution in [3.05, 3.63) is 0 Å². The maximum Gasteiger partial charge on any atom is 0.326 e. The molecule has 37 heavy (non-hydrogen) atoms. The molecule has 13 N–H and O–H groups in total. The van der Waals surface area contributed by atoms with Gasteiger partial charge in [-0.25, -0.2) is 4.79 Å². The van der Waals surface area contributed by atoms with Crippen molar-refractivity contribution in [1.82, 2.24) is 16.0 Å². The van der Waals surface area contributed by atoms with E-state index in [0.717, 1.165) is 0 Å². The van der Waals surface area contributed by atoms with E-state index in [2.05, 4.69) is 20.9 Å². The highest BCUT2D eigenvalue weighted by molar-refractivity contribution is 5.95. The Balaban J connectivity index is 5.56. The number of carbonyl (C=O) groups excluding carboxylic acids is 4. The van der Waals surface area contributed by atoms with Gasteiger partial charge < -0.3 is 49.1 Å². The number of nitrogens with two attached hydrogens (primary N) is 4. The Hall–Kier alpha value is -3.95. The largest absolute Gasteiger partial charge is 0.481 e. The van der Waals surface area contributed by atoms with E-state index in [4.69, 9.17) is 28.0 Å². The number of carbonyl (C=O) groups is 6. The lowest BCUT2D eigenvalue weighted by molar-refractivity contribution is -0.143. The van der Waals surface area contributed by atoms with Gasteiger partial charge in [-0.05, 0) is 31.6 Å². The number of carboxylic acids is 2. The first-order chi connectivity index (χ1) is 17.1. The van der Waals surface area contributed by atoms with E-state index in [9.17, 15) is 33.9 Å². The Morgan fingerprint density at radius 1 is 0.811 bits per heavy atom.